The second kappa shape index (κ2) is 8.64. The summed E-state index contributed by atoms with van der Waals surface area (Å²) < 4.78 is 5.75. The van der Waals surface area contributed by atoms with Crippen LogP contribution in [0.3, 0.4) is 0 Å². The molecule has 0 aliphatic heterocycles. The van der Waals surface area contributed by atoms with Crippen molar-refractivity contribution in [3.05, 3.63) is 38.3 Å². The monoisotopic (exact) mass is 341 g/mol. The van der Waals surface area contributed by atoms with E-state index < -0.39 is 4.92 Å². The smallest absolute Gasteiger partial charge is 0.270 e. The number of benzene rings is 1. The number of halogens is 1. The Morgan fingerprint density at radius 2 is 2.25 bits per heavy atom. The highest BCUT2D eigenvalue weighted by molar-refractivity contribution is 9.10. The summed E-state index contributed by atoms with van der Waals surface area (Å²) in [7, 11) is 1.63. The molecule has 0 saturated heterocycles. The molecule has 6 nitrogen and oxygen atoms in total. The lowest BCUT2D eigenvalue weighted by molar-refractivity contribution is -0.384. The third-order valence-corrected chi connectivity index (χ3v) is 3.53. The minimum atomic E-state index is -0.424. The minimum Gasteiger partial charge on any atom is -0.383 e. The van der Waals surface area contributed by atoms with Gasteiger partial charge in [-0.2, -0.15) is 5.26 Å². The van der Waals surface area contributed by atoms with Crippen LogP contribution in [0.4, 0.5) is 5.69 Å². The van der Waals surface area contributed by atoms with Crippen LogP contribution >= 0.6 is 15.9 Å². The quantitative estimate of drug-likeness (QED) is 0.536. The molecule has 0 aliphatic carbocycles. The zero-order valence-corrected chi connectivity index (χ0v) is 12.8. The number of ether oxygens (including phenoxy) is 1. The van der Waals surface area contributed by atoms with Gasteiger partial charge in [-0.25, -0.2) is 0 Å². The molecule has 0 radical (unpaired) electrons. The van der Waals surface area contributed by atoms with Crippen LogP contribution in [0.25, 0.3) is 0 Å². The summed E-state index contributed by atoms with van der Waals surface area (Å²) in [6.07, 6.45) is 0.439. The lowest BCUT2D eigenvalue weighted by atomic mass is 10.2. The molecule has 7 heteroatoms. The third kappa shape index (κ3) is 5.25. The van der Waals surface area contributed by atoms with Crippen molar-refractivity contribution >= 4 is 21.6 Å². The second-order valence-corrected chi connectivity index (χ2v) is 5.06. The van der Waals surface area contributed by atoms with Gasteiger partial charge in [0.15, 0.2) is 0 Å². The zero-order chi connectivity index (χ0) is 15.0. The Bertz CT molecular complexity index is 502. The van der Waals surface area contributed by atoms with Crippen LogP contribution < -0.4 is 0 Å². The fourth-order valence-electron chi connectivity index (χ4n) is 1.72. The van der Waals surface area contributed by atoms with E-state index in [1.165, 1.54) is 12.1 Å². The Hall–Kier alpha value is -1.49. The number of hydrogen-bond donors (Lipinski definition) is 0. The van der Waals surface area contributed by atoms with Crippen molar-refractivity contribution in [1.29, 1.82) is 5.26 Å². The van der Waals surface area contributed by atoms with E-state index in [9.17, 15) is 10.1 Å². The van der Waals surface area contributed by atoms with Crippen molar-refractivity contribution in [3.8, 4) is 6.07 Å². The Morgan fingerprint density at radius 3 is 2.80 bits per heavy atom. The molecule has 0 bridgehead atoms. The summed E-state index contributed by atoms with van der Waals surface area (Å²) in [6.45, 7) is 2.55. The molecule has 0 amide bonds. The van der Waals surface area contributed by atoms with Crippen LogP contribution in [-0.4, -0.2) is 36.6 Å². The molecule has 0 fully saturated rings. The number of rotatable bonds is 8. The van der Waals surface area contributed by atoms with Gasteiger partial charge in [-0.05, 0) is 11.6 Å². The summed E-state index contributed by atoms with van der Waals surface area (Å²) in [5.74, 6) is 0. The first-order valence-corrected chi connectivity index (χ1v) is 6.89. The largest absolute Gasteiger partial charge is 0.383 e. The first kappa shape index (κ1) is 16.6. The normalized spacial score (nSPS) is 10.5. The van der Waals surface area contributed by atoms with E-state index in [-0.39, 0.29) is 5.69 Å². The molecule has 108 valence electrons. The maximum atomic E-state index is 10.7. The average molecular weight is 342 g/mol. The topological polar surface area (TPSA) is 79.4 Å². The Morgan fingerprint density at radius 1 is 1.50 bits per heavy atom. The van der Waals surface area contributed by atoms with Gasteiger partial charge >= 0.3 is 0 Å². The number of non-ortho nitro benzene ring substituents is 1. The molecule has 0 saturated carbocycles. The summed E-state index contributed by atoms with van der Waals surface area (Å²) in [4.78, 5) is 12.3. The summed E-state index contributed by atoms with van der Waals surface area (Å²) in [5, 5.41) is 19.4. The second-order valence-electron chi connectivity index (χ2n) is 4.21. The van der Waals surface area contributed by atoms with Crippen LogP contribution in [0.5, 0.6) is 0 Å². The fourth-order valence-corrected chi connectivity index (χ4v) is 2.21. The number of nitro groups is 1. The number of hydrogen-bond acceptors (Lipinski definition) is 5. The molecule has 20 heavy (non-hydrogen) atoms. The highest BCUT2D eigenvalue weighted by Gasteiger charge is 2.12. The van der Waals surface area contributed by atoms with E-state index in [1.807, 2.05) is 0 Å². The van der Waals surface area contributed by atoms with E-state index in [4.69, 9.17) is 10.00 Å². The molecule has 1 rings (SSSR count). The van der Waals surface area contributed by atoms with Gasteiger partial charge in [-0.1, -0.05) is 15.9 Å². The van der Waals surface area contributed by atoms with Crippen LogP contribution in [0.1, 0.15) is 12.0 Å². The molecular weight excluding hydrogens is 326 g/mol. The van der Waals surface area contributed by atoms with Crippen molar-refractivity contribution in [1.82, 2.24) is 4.90 Å². The molecule has 0 heterocycles. The number of nitrogens with zero attached hydrogens (tertiary/aromatic N) is 3. The van der Waals surface area contributed by atoms with E-state index in [0.29, 0.717) is 37.1 Å². The summed E-state index contributed by atoms with van der Waals surface area (Å²) >= 11 is 3.35. The standard InChI is InChI=1S/C13H16BrN3O3/c1-20-8-7-16(6-2-5-15)10-11-3-4-12(17(18)19)9-13(11)14/h3-4,9H,2,6-8,10H2,1H3. The Kier molecular flexibility index (Phi) is 7.15. The van der Waals surface area contributed by atoms with Gasteiger partial charge in [0.1, 0.15) is 0 Å². The van der Waals surface area contributed by atoms with Crippen molar-refractivity contribution < 1.29 is 9.66 Å². The molecule has 0 unspecified atom stereocenters. The molecule has 0 N–H and O–H groups in total. The Labute approximate surface area is 126 Å². The predicted octanol–water partition coefficient (Wildman–Crippen LogP) is 2.72. The summed E-state index contributed by atoms with van der Waals surface area (Å²) in [5.41, 5.74) is 1.01. The molecule has 0 aromatic heterocycles. The lowest BCUT2D eigenvalue weighted by Crippen LogP contribution is -2.28. The van der Waals surface area contributed by atoms with Gasteiger partial charge in [-0.15, -0.1) is 0 Å². The highest BCUT2D eigenvalue weighted by atomic mass is 79.9. The third-order valence-electron chi connectivity index (χ3n) is 2.79. The van der Waals surface area contributed by atoms with Crippen molar-refractivity contribution in [2.75, 3.05) is 26.8 Å². The van der Waals surface area contributed by atoms with Gasteiger partial charge in [-0.3, -0.25) is 15.0 Å². The van der Waals surface area contributed by atoms with Crippen LogP contribution in [0.15, 0.2) is 22.7 Å². The average Bonchev–Trinajstić information content (AvgIpc) is 2.43. The molecule has 0 aliphatic rings. The van der Waals surface area contributed by atoms with Gasteiger partial charge in [0.2, 0.25) is 0 Å². The van der Waals surface area contributed by atoms with E-state index in [1.54, 1.807) is 13.2 Å². The van der Waals surface area contributed by atoms with Gasteiger partial charge in [0.25, 0.3) is 5.69 Å². The molecular formula is C13H16BrN3O3. The molecule has 0 atom stereocenters. The van der Waals surface area contributed by atoms with Crippen molar-refractivity contribution in [2.45, 2.75) is 13.0 Å². The molecule has 0 spiro atoms. The van der Waals surface area contributed by atoms with Crippen molar-refractivity contribution in [2.24, 2.45) is 0 Å². The highest BCUT2D eigenvalue weighted by Crippen LogP contribution is 2.24. The maximum Gasteiger partial charge on any atom is 0.270 e. The van der Waals surface area contributed by atoms with Crippen LogP contribution in [-0.2, 0) is 11.3 Å². The first-order chi connectivity index (χ1) is 9.58. The minimum absolute atomic E-state index is 0.0566. The first-order valence-electron chi connectivity index (χ1n) is 6.09. The van der Waals surface area contributed by atoms with Crippen molar-refractivity contribution in [3.63, 3.8) is 0 Å². The number of nitro benzene ring substituents is 1. The SMILES string of the molecule is COCCN(CCC#N)Cc1ccc([N+](=O)[O-])cc1Br. The number of nitriles is 1. The summed E-state index contributed by atoms with van der Waals surface area (Å²) in [6, 6.07) is 6.83. The molecule has 1 aromatic carbocycles. The van der Waals surface area contributed by atoms with E-state index in [0.717, 1.165) is 5.56 Å². The van der Waals surface area contributed by atoms with Crippen LogP contribution in [0, 0.1) is 21.4 Å². The molecule has 1 aromatic rings. The number of methoxy groups -OCH3 is 1. The van der Waals surface area contributed by atoms with Gasteiger partial charge in [0.05, 0.1) is 17.6 Å². The Balaban J connectivity index is 2.76. The predicted molar refractivity (Wildman–Crippen MR) is 78.2 cm³/mol. The van der Waals surface area contributed by atoms with Gasteiger partial charge < -0.3 is 4.74 Å². The van der Waals surface area contributed by atoms with Crippen LogP contribution in [0.2, 0.25) is 0 Å². The van der Waals surface area contributed by atoms with E-state index >= 15 is 0 Å². The lowest BCUT2D eigenvalue weighted by Gasteiger charge is -2.21. The van der Waals surface area contributed by atoms with E-state index in [2.05, 4.69) is 26.9 Å². The van der Waals surface area contributed by atoms with Gasteiger partial charge in [0, 0.05) is 49.8 Å². The zero-order valence-electron chi connectivity index (χ0n) is 11.2. The fraction of sp³-hybridized carbons (Fsp3) is 0.462. The maximum absolute atomic E-state index is 10.7.